The lowest BCUT2D eigenvalue weighted by molar-refractivity contribution is 0.0174. The molecule has 7 aromatic rings. The van der Waals surface area contributed by atoms with E-state index in [4.69, 9.17) is 0 Å². The second kappa shape index (κ2) is 12.3. The highest BCUT2D eigenvalue weighted by molar-refractivity contribution is 5.97. The van der Waals surface area contributed by atoms with Gasteiger partial charge in [-0.05, 0) is 177 Å². The lowest BCUT2D eigenvalue weighted by Gasteiger charge is -2.55. The van der Waals surface area contributed by atoms with Gasteiger partial charge >= 0.3 is 0 Å². The third-order valence-corrected chi connectivity index (χ3v) is 16.9. The molecule has 5 saturated carbocycles. The second-order valence-electron chi connectivity index (χ2n) is 19.2. The number of fused-ring (bicyclic) bond motifs is 10. The Kier molecular flexibility index (Phi) is 7.12. The Bertz CT molecular complexity index is 2780. The summed E-state index contributed by atoms with van der Waals surface area (Å²) in [6.45, 7) is 2.63. The molecule has 0 aromatic heterocycles. The van der Waals surface area contributed by atoms with Crippen molar-refractivity contribution in [2.45, 2.75) is 75.5 Å². The molecule has 1 nitrogen and oxygen atoms in total. The lowest BCUT2D eigenvalue weighted by atomic mass is 9.48. The van der Waals surface area contributed by atoms with E-state index in [1.54, 1.807) is 22.3 Å². The molecular formula is C57H51N. The van der Waals surface area contributed by atoms with Gasteiger partial charge < -0.3 is 4.90 Å². The summed E-state index contributed by atoms with van der Waals surface area (Å²) in [5.41, 5.74) is 18.7. The average molecular weight is 750 g/mol. The fraction of sp³-hybridized carbons (Fsp3) is 0.298. The maximum Gasteiger partial charge on any atom is 0.0468 e. The minimum absolute atomic E-state index is 0.0860. The standard InChI is InChI=1S/C57H51N/c1-36-40-19-22-41-32-37(31-40)33-54(36)57(41)53-18-7-5-14-47(53)49-27-25-44(35-55(49)57)58(42-23-20-39(21-24-42)46-16-10-12-38-11-2-3-13-45(38)46)43-26-28-52-50(34-43)48-15-4-6-17-51(48)56(52)29-8-9-30-56/h2-7,10-18,20-21,23-28,34-37,40-41,54H,8-9,19,22,29-33H2,1H3/t36-,37?,40?,41?,54?,57?/m0/s1. The number of anilines is 3. The van der Waals surface area contributed by atoms with Crippen molar-refractivity contribution < 1.29 is 0 Å². The highest BCUT2D eigenvalue weighted by Crippen LogP contribution is 2.69. The molecule has 5 unspecified atom stereocenters. The molecule has 4 bridgehead atoms. The quantitative estimate of drug-likeness (QED) is 0.173. The monoisotopic (exact) mass is 749 g/mol. The number of benzene rings is 7. The Morgan fingerprint density at radius 1 is 0.500 bits per heavy atom. The van der Waals surface area contributed by atoms with Gasteiger partial charge in [-0.1, -0.05) is 135 Å². The summed E-state index contributed by atoms with van der Waals surface area (Å²) in [6, 6.07) is 59.0. The number of nitrogens with zero attached hydrogens (tertiary/aromatic N) is 1. The van der Waals surface area contributed by atoms with Crippen LogP contribution in [-0.2, 0) is 10.8 Å². The predicted molar refractivity (Wildman–Crippen MR) is 241 cm³/mol. The summed E-state index contributed by atoms with van der Waals surface area (Å²) in [6.07, 6.45) is 12.1. The molecule has 0 heterocycles. The average Bonchev–Trinajstić information content (AvgIpc) is 3.90. The molecule has 0 N–H and O–H groups in total. The van der Waals surface area contributed by atoms with Gasteiger partial charge in [-0.2, -0.15) is 0 Å². The molecule has 7 aliphatic carbocycles. The minimum atomic E-state index is 0.0860. The second-order valence-corrected chi connectivity index (χ2v) is 19.2. The molecule has 0 radical (unpaired) electrons. The topological polar surface area (TPSA) is 3.24 Å². The summed E-state index contributed by atoms with van der Waals surface area (Å²) in [5.74, 6) is 3.93. The van der Waals surface area contributed by atoms with E-state index in [2.05, 4.69) is 163 Å². The summed E-state index contributed by atoms with van der Waals surface area (Å²) >= 11 is 0. The molecule has 5 fully saturated rings. The highest BCUT2D eigenvalue weighted by Gasteiger charge is 2.61. The van der Waals surface area contributed by atoms with Crippen LogP contribution in [0, 0.1) is 29.6 Å². The van der Waals surface area contributed by atoms with Gasteiger partial charge in [0.05, 0.1) is 0 Å². The van der Waals surface area contributed by atoms with Crippen molar-refractivity contribution in [3.8, 4) is 33.4 Å². The first kappa shape index (κ1) is 33.6. The van der Waals surface area contributed by atoms with Gasteiger partial charge in [-0.3, -0.25) is 0 Å². The zero-order valence-corrected chi connectivity index (χ0v) is 33.6. The highest BCUT2D eigenvalue weighted by atomic mass is 15.1. The first-order valence-electron chi connectivity index (χ1n) is 22.5. The summed E-state index contributed by atoms with van der Waals surface area (Å²) < 4.78 is 0. The molecule has 0 saturated heterocycles. The van der Waals surface area contributed by atoms with E-state index in [1.165, 1.54) is 119 Å². The fourth-order valence-electron chi connectivity index (χ4n) is 14.6. The van der Waals surface area contributed by atoms with Crippen molar-refractivity contribution in [2.75, 3.05) is 4.90 Å². The maximum atomic E-state index is 2.68. The molecule has 0 amide bonds. The Hall–Kier alpha value is -5.40. The Morgan fingerprint density at radius 3 is 2.02 bits per heavy atom. The molecule has 14 rings (SSSR count). The van der Waals surface area contributed by atoms with Crippen molar-refractivity contribution in [1.82, 2.24) is 0 Å². The first-order chi connectivity index (χ1) is 28.6. The number of hydrogen-bond acceptors (Lipinski definition) is 1. The fourth-order valence-corrected chi connectivity index (χ4v) is 14.6. The van der Waals surface area contributed by atoms with Gasteiger partial charge in [0.25, 0.3) is 0 Å². The molecule has 2 spiro atoms. The van der Waals surface area contributed by atoms with Crippen LogP contribution < -0.4 is 4.90 Å². The number of hydrogen-bond donors (Lipinski definition) is 0. The van der Waals surface area contributed by atoms with Crippen LogP contribution in [0.25, 0.3) is 44.2 Å². The van der Waals surface area contributed by atoms with Gasteiger partial charge in [-0.15, -0.1) is 0 Å². The summed E-state index contributed by atoms with van der Waals surface area (Å²) in [7, 11) is 0. The van der Waals surface area contributed by atoms with Crippen LogP contribution in [0.1, 0.15) is 87.0 Å². The molecule has 6 atom stereocenters. The van der Waals surface area contributed by atoms with Gasteiger partial charge in [0, 0.05) is 27.9 Å². The third-order valence-electron chi connectivity index (χ3n) is 16.9. The van der Waals surface area contributed by atoms with E-state index in [0.29, 0.717) is 11.8 Å². The first-order valence-corrected chi connectivity index (χ1v) is 22.5. The largest absolute Gasteiger partial charge is 0.310 e. The Labute approximate surface area is 343 Å². The molecule has 7 aromatic carbocycles. The summed E-state index contributed by atoms with van der Waals surface area (Å²) in [4.78, 5) is 2.60. The van der Waals surface area contributed by atoms with E-state index in [-0.39, 0.29) is 10.8 Å². The van der Waals surface area contributed by atoms with Gasteiger partial charge in [0.15, 0.2) is 0 Å². The van der Waals surface area contributed by atoms with E-state index in [0.717, 1.165) is 17.8 Å². The van der Waals surface area contributed by atoms with Crippen molar-refractivity contribution in [1.29, 1.82) is 0 Å². The maximum absolute atomic E-state index is 2.68. The van der Waals surface area contributed by atoms with E-state index in [1.807, 2.05) is 0 Å². The smallest absolute Gasteiger partial charge is 0.0468 e. The zero-order chi connectivity index (χ0) is 38.2. The third kappa shape index (κ3) is 4.43. The number of rotatable bonds is 4. The van der Waals surface area contributed by atoms with Gasteiger partial charge in [0.1, 0.15) is 0 Å². The normalized spacial score (nSPS) is 26.5. The SMILES string of the molecule is C[C@H]1C2CCC3CC(C2)CC1C31c2ccccc2-c2ccc(N(c3ccc(-c4cccc5ccccc45)cc3)c3ccc4c(c3)-c3ccccc3C43CCCC3)cc21. The molecule has 284 valence electrons. The molecule has 0 aliphatic heterocycles. The molecular weight excluding hydrogens is 699 g/mol. The molecule has 1 heteroatoms. The van der Waals surface area contributed by atoms with Crippen LogP contribution in [0.15, 0.2) is 152 Å². The van der Waals surface area contributed by atoms with Gasteiger partial charge in [0.2, 0.25) is 0 Å². The predicted octanol–water partition coefficient (Wildman–Crippen LogP) is 15.2. The van der Waals surface area contributed by atoms with E-state index >= 15 is 0 Å². The van der Waals surface area contributed by atoms with Crippen molar-refractivity contribution in [3.05, 3.63) is 174 Å². The van der Waals surface area contributed by atoms with Crippen LogP contribution >= 0.6 is 0 Å². The van der Waals surface area contributed by atoms with Crippen LogP contribution in [0.2, 0.25) is 0 Å². The van der Waals surface area contributed by atoms with Crippen molar-refractivity contribution in [3.63, 3.8) is 0 Å². The van der Waals surface area contributed by atoms with Crippen molar-refractivity contribution >= 4 is 27.8 Å². The lowest BCUT2D eigenvalue weighted by Crippen LogP contribution is -2.51. The minimum Gasteiger partial charge on any atom is -0.310 e. The van der Waals surface area contributed by atoms with Gasteiger partial charge in [-0.25, -0.2) is 0 Å². The van der Waals surface area contributed by atoms with Crippen LogP contribution in [0.3, 0.4) is 0 Å². The molecule has 7 aliphatic rings. The Morgan fingerprint density at radius 2 is 1.16 bits per heavy atom. The van der Waals surface area contributed by atoms with Crippen molar-refractivity contribution in [2.24, 2.45) is 29.6 Å². The van der Waals surface area contributed by atoms with E-state index < -0.39 is 0 Å². The van der Waals surface area contributed by atoms with Crippen LogP contribution in [0.4, 0.5) is 17.1 Å². The molecule has 58 heavy (non-hydrogen) atoms. The van der Waals surface area contributed by atoms with E-state index in [9.17, 15) is 0 Å². The van der Waals surface area contributed by atoms with Crippen LogP contribution in [-0.4, -0.2) is 0 Å². The Balaban J connectivity index is 1.01. The van der Waals surface area contributed by atoms with Crippen LogP contribution in [0.5, 0.6) is 0 Å². The zero-order valence-electron chi connectivity index (χ0n) is 33.6. The summed E-state index contributed by atoms with van der Waals surface area (Å²) in [5, 5.41) is 2.59.